The van der Waals surface area contributed by atoms with Crippen LogP contribution in [-0.2, 0) is 0 Å². The highest BCUT2D eigenvalue weighted by molar-refractivity contribution is 6.37. The lowest BCUT2D eigenvalue weighted by Gasteiger charge is -2.14. The summed E-state index contributed by atoms with van der Waals surface area (Å²) in [7, 11) is 0. The minimum Gasteiger partial charge on any atom is -0.252 e. The van der Waals surface area contributed by atoms with E-state index in [1.807, 2.05) is 0 Å². The van der Waals surface area contributed by atoms with E-state index in [1.165, 1.54) is 10.8 Å². The maximum atomic E-state index is 4.61. The normalized spacial score (nSPS) is 12.2. The summed E-state index contributed by atoms with van der Waals surface area (Å²) in [5.41, 5.74) is 3.75. The molecule has 2 aromatic heterocycles. The lowest BCUT2D eigenvalue weighted by atomic mass is 9.91. The fraction of sp³-hybridized carbons (Fsp3) is 0. The van der Waals surface area contributed by atoms with E-state index >= 15 is 0 Å². The first-order valence-corrected chi connectivity index (χ1v) is 7.83. The molecule has 6 rings (SSSR count). The molecule has 0 fully saturated rings. The topological polar surface area (TPSA) is 51.6 Å². The molecule has 0 spiro atoms. The fourth-order valence-electron chi connectivity index (χ4n) is 3.90. The van der Waals surface area contributed by atoms with Gasteiger partial charge in [-0.1, -0.05) is 36.4 Å². The van der Waals surface area contributed by atoms with E-state index in [-0.39, 0.29) is 0 Å². The summed E-state index contributed by atoms with van der Waals surface area (Å²) in [5.74, 6) is 0. The average Bonchev–Trinajstić information content (AvgIpc) is 2.67. The number of hydrogen-bond acceptors (Lipinski definition) is 4. The molecule has 0 unspecified atom stereocenters. The van der Waals surface area contributed by atoms with Gasteiger partial charge in [0.1, 0.15) is 0 Å². The molecule has 0 atom stereocenters. The standard InChI is InChI=1S/C20H10N4/c1-3-11-15-12(4-1)18-20(24-10-8-22-18)14-6-2-5-13(16(14)15)19-17(11)21-7-9-23-19/h1-10H. The average molecular weight is 306 g/mol. The maximum absolute atomic E-state index is 4.61. The van der Waals surface area contributed by atoms with Gasteiger partial charge in [-0.3, -0.25) is 19.9 Å². The molecule has 0 bridgehead atoms. The molecule has 6 aromatic rings. The number of fused-ring (bicyclic) bond motifs is 6. The highest BCUT2D eigenvalue weighted by atomic mass is 14.8. The van der Waals surface area contributed by atoms with Gasteiger partial charge in [-0.25, -0.2) is 0 Å². The Kier molecular flexibility index (Phi) is 2.07. The van der Waals surface area contributed by atoms with Crippen LogP contribution in [0.3, 0.4) is 0 Å². The summed E-state index contributed by atoms with van der Waals surface area (Å²) in [4.78, 5) is 18.4. The molecule has 0 N–H and O–H groups in total. The molecule has 24 heavy (non-hydrogen) atoms. The Bertz CT molecular complexity index is 1200. The van der Waals surface area contributed by atoms with Crippen LogP contribution in [0.25, 0.3) is 54.4 Å². The predicted molar refractivity (Wildman–Crippen MR) is 96.3 cm³/mol. The minimum absolute atomic E-state index is 0.936. The molecule has 0 aliphatic carbocycles. The van der Waals surface area contributed by atoms with Gasteiger partial charge in [-0.05, 0) is 0 Å². The Morgan fingerprint density at radius 2 is 0.708 bits per heavy atom. The Morgan fingerprint density at radius 3 is 1.00 bits per heavy atom. The van der Waals surface area contributed by atoms with E-state index in [0.29, 0.717) is 0 Å². The Labute approximate surface area is 136 Å². The molecule has 0 aliphatic rings. The fourth-order valence-corrected chi connectivity index (χ4v) is 3.90. The minimum atomic E-state index is 0.936. The van der Waals surface area contributed by atoms with Crippen molar-refractivity contribution in [3.63, 3.8) is 0 Å². The lowest BCUT2D eigenvalue weighted by molar-refractivity contribution is 1.31. The molecule has 0 aliphatic heterocycles. The van der Waals surface area contributed by atoms with Gasteiger partial charge < -0.3 is 0 Å². The molecule has 0 radical (unpaired) electrons. The van der Waals surface area contributed by atoms with Crippen LogP contribution < -0.4 is 0 Å². The summed E-state index contributed by atoms with van der Waals surface area (Å²) in [5, 5.41) is 6.87. The van der Waals surface area contributed by atoms with Crippen molar-refractivity contribution in [1.82, 2.24) is 19.9 Å². The second kappa shape index (κ2) is 4.11. The molecule has 4 nitrogen and oxygen atoms in total. The van der Waals surface area contributed by atoms with E-state index in [9.17, 15) is 0 Å². The number of benzene rings is 4. The molecule has 0 saturated heterocycles. The second-order valence-electron chi connectivity index (χ2n) is 5.96. The summed E-state index contributed by atoms with van der Waals surface area (Å²) in [6, 6.07) is 12.6. The van der Waals surface area contributed by atoms with Crippen molar-refractivity contribution in [2.75, 3.05) is 0 Å². The monoisotopic (exact) mass is 306 g/mol. The van der Waals surface area contributed by atoms with Crippen molar-refractivity contribution in [2.45, 2.75) is 0 Å². The van der Waals surface area contributed by atoms with Crippen LogP contribution >= 0.6 is 0 Å². The van der Waals surface area contributed by atoms with E-state index in [2.05, 4.69) is 56.3 Å². The highest BCUT2D eigenvalue weighted by Gasteiger charge is 2.18. The molecule has 2 heterocycles. The van der Waals surface area contributed by atoms with Gasteiger partial charge in [0.25, 0.3) is 0 Å². The van der Waals surface area contributed by atoms with Gasteiger partial charge >= 0.3 is 0 Å². The van der Waals surface area contributed by atoms with Gasteiger partial charge in [0, 0.05) is 57.1 Å². The molecule has 0 amide bonds. The second-order valence-corrected chi connectivity index (χ2v) is 5.96. The quantitative estimate of drug-likeness (QED) is 0.307. The summed E-state index contributed by atoms with van der Waals surface area (Å²) in [6.07, 6.45) is 7.01. The Morgan fingerprint density at radius 1 is 0.417 bits per heavy atom. The molecule has 0 saturated carbocycles. The molecule has 4 heteroatoms. The number of rotatable bonds is 0. The van der Waals surface area contributed by atoms with E-state index in [1.54, 1.807) is 24.8 Å². The number of nitrogens with zero attached hydrogens (tertiary/aromatic N) is 4. The molecule has 110 valence electrons. The lowest BCUT2D eigenvalue weighted by Crippen LogP contribution is -1.93. The third-order valence-corrected chi connectivity index (χ3v) is 4.80. The van der Waals surface area contributed by atoms with E-state index in [0.717, 1.165) is 43.6 Å². The van der Waals surface area contributed by atoms with Crippen molar-refractivity contribution < 1.29 is 0 Å². The smallest absolute Gasteiger partial charge is 0.0971 e. The largest absolute Gasteiger partial charge is 0.252 e. The molecular weight excluding hydrogens is 296 g/mol. The molecule has 4 aromatic carbocycles. The van der Waals surface area contributed by atoms with Crippen molar-refractivity contribution in [3.8, 4) is 0 Å². The number of hydrogen-bond donors (Lipinski definition) is 0. The van der Waals surface area contributed by atoms with Crippen molar-refractivity contribution in [2.24, 2.45) is 0 Å². The first-order chi connectivity index (χ1) is 11.9. The zero-order valence-electron chi connectivity index (χ0n) is 12.6. The van der Waals surface area contributed by atoms with Gasteiger partial charge in [0.15, 0.2) is 0 Å². The third kappa shape index (κ3) is 1.30. The predicted octanol–water partition coefficient (Wildman–Crippen LogP) is 4.47. The first-order valence-electron chi connectivity index (χ1n) is 7.83. The van der Waals surface area contributed by atoms with E-state index in [4.69, 9.17) is 0 Å². The third-order valence-electron chi connectivity index (χ3n) is 4.80. The van der Waals surface area contributed by atoms with Crippen LogP contribution in [0.4, 0.5) is 0 Å². The van der Waals surface area contributed by atoms with Crippen LogP contribution in [0, 0.1) is 0 Å². The SMILES string of the molecule is c1cc2c3nccnc3c3cccc4c5nccnc5c(c1)c2c34. The van der Waals surface area contributed by atoms with Gasteiger partial charge in [0.05, 0.1) is 22.1 Å². The Balaban J connectivity index is 2.16. The van der Waals surface area contributed by atoms with Crippen LogP contribution in [0.2, 0.25) is 0 Å². The summed E-state index contributed by atoms with van der Waals surface area (Å²) in [6.45, 7) is 0. The Hall–Kier alpha value is -3.40. The first kappa shape index (κ1) is 12.1. The zero-order chi connectivity index (χ0) is 15.7. The van der Waals surface area contributed by atoms with E-state index < -0.39 is 0 Å². The van der Waals surface area contributed by atoms with Crippen molar-refractivity contribution >= 4 is 54.4 Å². The highest BCUT2D eigenvalue weighted by Crippen LogP contribution is 2.42. The van der Waals surface area contributed by atoms with Gasteiger partial charge in [0.2, 0.25) is 0 Å². The molecular formula is C20H10N4. The van der Waals surface area contributed by atoms with Crippen LogP contribution in [-0.4, -0.2) is 19.9 Å². The van der Waals surface area contributed by atoms with Crippen molar-refractivity contribution in [1.29, 1.82) is 0 Å². The summed E-state index contributed by atoms with van der Waals surface area (Å²) >= 11 is 0. The van der Waals surface area contributed by atoms with Gasteiger partial charge in [-0.2, -0.15) is 0 Å². The maximum Gasteiger partial charge on any atom is 0.0971 e. The summed E-state index contributed by atoms with van der Waals surface area (Å²) < 4.78 is 0. The zero-order valence-corrected chi connectivity index (χ0v) is 12.6. The van der Waals surface area contributed by atoms with Crippen molar-refractivity contribution in [3.05, 3.63) is 61.2 Å². The van der Waals surface area contributed by atoms with Crippen LogP contribution in [0.15, 0.2) is 61.2 Å². The van der Waals surface area contributed by atoms with Crippen LogP contribution in [0.5, 0.6) is 0 Å². The van der Waals surface area contributed by atoms with Gasteiger partial charge in [-0.15, -0.1) is 0 Å². The van der Waals surface area contributed by atoms with Crippen LogP contribution in [0.1, 0.15) is 0 Å². The number of aromatic nitrogens is 4.